The molecule has 1 fully saturated rings. The smallest absolute Gasteiger partial charge is 0.229 e. The van der Waals surface area contributed by atoms with Gasteiger partial charge in [-0.15, -0.1) is 0 Å². The third-order valence-electron chi connectivity index (χ3n) is 3.88. The van der Waals surface area contributed by atoms with Crippen LogP contribution in [0, 0.1) is 5.92 Å². The van der Waals surface area contributed by atoms with Crippen molar-refractivity contribution in [1.29, 1.82) is 0 Å². The van der Waals surface area contributed by atoms with E-state index in [2.05, 4.69) is 36.1 Å². The number of aromatic nitrogens is 2. The summed E-state index contributed by atoms with van der Waals surface area (Å²) < 4.78 is 0.763. The molecule has 1 amide bonds. The molecule has 23 heavy (non-hydrogen) atoms. The van der Waals surface area contributed by atoms with Gasteiger partial charge in [0, 0.05) is 30.0 Å². The van der Waals surface area contributed by atoms with Crippen LogP contribution in [0.2, 0.25) is 0 Å². The Balaban J connectivity index is 1.67. The van der Waals surface area contributed by atoms with Gasteiger partial charge in [0.15, 0.2) is 0 Å². The summed E-state index contributed by atoms with van der Waals surface area (Å²) in [6.07, 6.45) is 6.73. The maximum absolute atomic E-state index is 12.5. The van der Waals surface area contributed by atoms with Crippen LogP contribution in [-0.4, -0.2) is 34.1 Å². The molecule has 7 heteroatoms. The lowest BCUT2D eigenvalue weighted by molar-refractivity contribution is -0.120. The molecule has 1 atom stereocenters. The number of anilines is 2. The first-order valence-corrected chi connectivity index (χ1v) is 8.23. The number of benzene rings is 1. The number of hydrogen-bond acceptors (Lipinski definition) is 5. The zero-order valence-corrected chi connectivity index (χ0v) is 14.0. The van der Waals surface area contributed by atoms with Crippen molar-refractivity contribution in [1.82, 2.24) is 9.97 Å². The van der Waals surface area contributed by atoms with Crippen molar-refractivity contribution in [3.8, 4) is 5.75 Å². The van der Waals surface area contributed by atoms with Crippen LogP contribution < -0.4 is 10.2 Å². The molecule has 1 unspecified atom stereocenters. The number of carbonyl (C=O) groups is 1. The Hall–Kier alpha value is -2.15. The highest BCUT2D eigenvalue weighted by Crippen LogP contribution is 2.28. The molecule has 0 spiro atoms. The fraction of sp³-hybridized carbons (Fsp3) is 0.312. The average Bonchev–Trinajstić information content (AvgIpc) is 2.58. The highest BCUT2D eigenvalue weighted by atomic mass is 79.9. The van der Waals surface area contributed by atoms with Crippen LogP contribution in [0.15, 0.2) is 41.3 Å². The van der Waals surface area contributed by atoms with Gasteiger partial charge in [0.25, 0.3) is 0 Å². The predicted molar refractivity (Wildman–Crippen MR) is 91.4 cm³/mol. The minimum atomic E-state index is -0.145. The molecule has 1 aromatic heterocycles. The summed E-state index contributed by atoms with van der Waals surface area (Å²) in [5.74, 6) is 0.607. The van der Waals surface area contributed by atoms with E-state index in [-0.39, 0.29) is 17.6 Å². The van der Waals surface area contributed by atoms with Crippen LogP contribution in [-0.2, 0) is 4.79 Å². The number of aromatic hydroxyl groups is 1. The van der Waals surface area contributed by atoms with Crippen molar-refractivity contribution in [2.45, 2.75) is 12.8 Å². The molecule has 1 aliphatic heterocycles. The lowest BCUT2D eigenvalue weighted by atomic mass is 9.97. The van der Waals surface area contributed by atoms with E-state index in [9.17, 15) is 9.90 Å². The van der Waals surface area contributed by atoms with E-state index in [1.807, 2.05) is 0 Å². The Morgan fingerprint density at radius 2 is 2.26 bits per heavy atom. The van der Waals surface area contributed by atoms with Gasteiger partial charge in [-0.05, 0) is 31.0 Å². The molecule has 0 saturated carbocycles. The van der Waals surface area contributed by atoms with Crippen LogP contribution in [0.25, 0.3) is 0 Å². The third-order valence-corrected chi connectivity index (χ3v) is 4.38. The van der Waals surface area contributed by atoms with Gasteiger partial charge in [0.2, 0.25) is 5.91 Å². The number of hydrogen-bond donors (Lipinski definition) is 2. The zero-order valence-electron chi connectivity index (χ0n) is 12.4. The second-order valence-electron chi connectivity index (χ2n) is 5.50. The van der Waals surface area contributed by atoms with Crippen molar-refractivity contribution >= 4 is 33.3 Å². The Kier molecular flexibility index (Phi) is 4.76. The van der Waals surface area contributed by atoms with Crippen LogP contribution in [0.5, 0.6) is 5.75 Å². The fourth-order valence-electron chi connectivity index (χ4n) is 2.70. The number of nitrogens with zero attached hydrogens (tertiary/aromatic N) is 3. The number of nitrogens with one attached hydrogen (secondary N) is 1. The molecule has 0 aliphatic carbocycles. The Bertz CT molecular complexity index is 696. The molecular formula is C16H17BrN4O2. The molecular weight excluding hydrogens is 360 g/mol. The predicted octanol–water partition coefficient (Wildman–Crippen LogP) is 2.80. The monoisotopic (exact) mass is 376 g/mol. The van der Waals surface area contributed by atoms with Crippen LogP contribution in [0.4, 0.5) is 11.5 Å². The third kappa shape index (κ3) is 3.79. The second kappa shape index (κ2) is 6.95. The normalized spacial score (nSPS) is 17.8. The van der Waals surface area contributed by atoms with Gasteiger partial charge in [-0.25, -0.2) is 4.98 Å². The Morgan fingerprint density at radius 1 is 1.39 bits per heavy atom. The number of piperidine rings is 1. The lowest BCUT2D eigenvalue weighted by Gasteiger charge is -2.32. The molecule has 1 aliphatic rings. The maximum Gasteiger partial charge on any atom is 0.229 e. The zero-order chi connectivity index (χ0) is 16.2. The molecule has 6 nitrogen and oxygen atoms in total. The summed E-state index contributed by atoms with van der Waals surface area (Å²) in [5.41, 5.74) is 0.426. The van der Waals surface area contributed by atoms with Gasteiger partial charge < -0.3 is 15.3 Å². The van der Waals surface area contributed by atoms with Gasteiger partial charge in [0.05, 0.1) is 17.8 Å². The summed E-state index contributed by atoms with van der Waals surface area (Å²) in [4.78, 5) is 22.9. The summed E-state index contributed by atoms with van der Waals surface area (Å²) >= 11 is 3.28. The topological polar surface area (TPSA) is 78.4 Å². The number of halogens is 1. The minimum absolute atomic E-state index is 0.0503. The lowest BCUT2D eigenvalue weighted by Crippen LogP contribution is -2.41. The molecule has 2 aromatic rings. The van der Waals surface area contributed by atoms with Crippen LogP contribution >= 0.6 is 15.9 Å². The quantitative estimate of drug-likeness (QED) is 0.805. The van der Waals surface area contributed by atoms with Gasteiger partial charge in [-0.2, -0.15) is 0 Å². The first-order valence-electron chi connectivity index (χ1n) is 7.44. The highest BCUT2D eigenvalue weighted by Gasteiger charge is 2.27. The van der Waals surface area contributed by atoms with Crippen molar-refractivity contribution in [2.75, 3.05) is 23.3 Å². The van der Waals surface area contributed by atoms with Crippen LogP contribution in [0.1, 0.15) is 12.8 Å². The molecule has 1 aromatic carbocycles. The molecule has 2 heterocycles. The van der Waals surface area contributed by atoms with E-state index in [0.717, 1.165) is 29.7 Å². The van der Waals surface area contributed by atoms with Gasteiger partial charge in [-0.3, -0.25) is 9.78 Å². The van der Waals surface area contributed by atoms with E-state index in [1.165, 1.54) is 0 Å². The van der Waals surface area contributed by atoms with E-state index < -0.39 is 0 Å². The first-order chi connectivity index (χ1) is 11.1. The van der Waals surface area contributed by atoms with Crippen molar-refractivity contribution in [3.63, 3.8) is 0 Å². The molecule has 120 valence electrons. The van der Waals surface area contributed by atoms with E-state index >= 15 is 0 Å². The molecule has 3 rings (SSSR count). The number of phenols is 1. The highest BCUT2D eigenvalue weighted by molar-refractivity contribution is 9.10. The molecule has 2 N–H and O–H groups in total. The van der Waals surface area contributed by atoms with E-state index in [0.29, 0.717) is 12.2 Å². The largest absolute Gasteiger partial charge is 0.506 e. The number of rotatable bonds is 3. The summed E-state index contributed by atoms with van der Waals surface area (Å²) in [7, 11) is 0. The van der Waals surface area contributed by atoms with E-state index in [1.54, 1.807) is 36.8 Å². The number of amides is 1. The van der Waals surface area contributed by atoms with Gasteiger partial charge in [0.1, 0.15) is 11.6 Å². The number of phenolic OH excluding ortho intramolecular Hbond substituents is 1. The maximum atomic E-state index is 12.5. The van der Waals surface area contributed by atoms with Gasteiger partial charge >= 0.3 is 0 Å². The molecule has 0 bridgehead atoms. The Morgan fingerprint density at radius 3 is 3.00 bits per heavy atom. The van der Waals surface area contributed by atoms with Crippen LogP contribution in [0.3, 0.4) is 0 Å². The summed E-state index contributed by atoms with van der Waals surface area (Å²) in [5, 5.41) is 12.7. The fourth-order valence-corrected chi connectivity index (χ4v) is 3.05. The van der Waals surface area contributed by atoms with Crippen molar-refractivity contribution in [3.05, 3.63) is 41.3 Å². The standard InChI is InChI=1S/C16H17BrN4O2/c17-12-3-4-13(14(22)8-12)20-16(23)11-2-1-7-21(10-11)15-9-18-5-6-19-15/h3-6,8-9,11,22H,1-2,7,10H2,(H,20,23). The summed E-state index contributed by atoms with van der Waals surface area (Å²) in [6.45, 7) is 1.47. The minimum Gasteiger partial charge on any atom is -0.506 e. The SMILES string of the molecule is O=C(Nc1ccc(Br)cc1O)C1CCCN(c2cnccn2)C1. The first kappa shape index (κ1) is 15.7. The Labute approximate surface area is 142 Å². The van der Waals surface area contributed by atoms with Gasteiger partial charge in [-0.1, -0.05) is 15.9 Å². The molecule has 1 saturated heterocycles. The van der Waals surface area contributed by atoms with E-state index in [4.69, 9.17) is 0 Å². The second-order valence-corrected chi connectivity index (χ2v) is 6.42. The number of carbonyl (C=O) groups excluding carboxylic acids is 1. The van der Waals surface area contributed by atoms with Crippen molar-refractivity contribution < 1.29 is 9.90 Å². The average molecular weight is 377 g/mol. The van der Waals surface area contributed by atoms with Crippen molar-refractivity contribution in [2.24, 2.45) is 5.92 Å². The summed E-state index contributed by atoms with van der Waals surface area (Å²) in [6, 6.07) is 5.02. The molecule has 0 radical (unpaired) electrons.